The van der Waals surface area contributed by atoms with Gasteiger partial charge in [-0.1, -0.05) is 12.1 Å². The molecule has 3 atom stereocenters. The Morgan fingerprint density at radius 3 is 2.88 bits per heavy atom. The Morgan fingerprint density at radius 2 is 2.12 bits per heavy atom. The van der Waals surface area contributed by atoms with Crippen LogP contribution in [0.3, 0.4) is 0 Å². The molecular weight excluding hydrogens is 571 g/mol. The lowest BCUT2D eigenvalue weighted by Gasteiger charge is -2.13. The van der Waals surface area contributed by atoms with Crippen molar-refractivity contribution < 1.29 is 22.5 Å². The van der Waals surface area contributed by atoms with E-state index in [1.807, 2.05) is 35.2 Å². The number of ketones is 1. The van der Waals surface area contributed by atoms with Crippen LogP contribution in [-0.2, 0) is 27.5 Å². The number of rotatable bonds is 9. The topological polar surface area (TPSA) is 137 Å². The highest BCUT2D eigenvalue weighted by molar-refractivity contribution is 14.1. The average molecular weight is 596 g/mol. The Hall–Kier alpha value is -2.19. The normalized spacial score (nSPS) is 20.5. The number of nitrogens with two attached hydrogens (primary N) is 1. The first-order valence-corrected chi connectivity index (χ1v) is 13.3. The Labute approximate surface area is 211 Å². The van der Waals surface area contributed by atoms with E-state index in [9.17, 15) is 18.3 Å². The number of benzene rings is 1. The van der Waals surface area contributed by atoms with Crippen molar-refractivity contribution in [2.24, 2.45) is 17.0 Å². The summed E-state index contributed by atoms with van der Waals surface area (Å²) in [4.78, 5) is 21.6. The van der Waals surface area contributed by atoms with Crippen molar-refractivity contribution in [1.82, 2.24) is 14.5 Å². The Bertz CT molecular complexity index is 1280. The lowest BCUT2D eigenvalue weighted by atomic mass is 9.95. The molecule has 1 aromatic carbocycles. The molecule has 3 N–H and O–H groups in total. The van der Waals surface area contributed by atoms with Crippen LogP contribution in [-0.4, -0.2) is 46.6 Å². The zero-order valence-electron chi connectivity index (χ0n) is 18.2. The van der Waals surface area contributed by atoms with Gasteiger partial charge in [0.1, 0.15) is 6.33 Å². The van der Waals surface area contributed by atoms with Gasteiger partial charge in [-0.2, -0.15) is 8.42 Å². The van der Waals surface area contributed by atoms with Crippen molar-refractivity contribution in [2.45, 2.75) is 31.9 Å². The molecule has 2 aromatic heterocycles. The molecule has 3 aromatic rings. The first-order valence-electron chi connectivity index (χ1n) is 10.8. The Kier molecular flexibility index (Phi) is 7.77. The van der Waals surface area contributed by atoms with Gasteiger partial charge in [0.25, 0.3) is 0 Å². The van der Waals surface area contributed by atoms with Gasteiger partial charge in [-0.25, -0.2) is 15.1 Å². The number of aliphatic hydroxyl groups excluding tert-OH is 1. The van der Waals surface area contributed by atoms with Crippen LogP contribution in [0.2, 0.25) is 0 Å². The molecule has 9 nitrogen and oxygen atoms in total. The number of hydrogen-bond donors (Lipinski definition) is 2. The van der Waals surface area contributed by atoms with E-state index >= 15 is 0 Å². The van der Waals surface area contributed by atoms with Gasteiger partial charge in [-0.3, -0.25) is 8.98 Å². The number of halogens is 1. The van der Waals surface area contributed by atoms with E-state index in [0.29, 0.717) is 42.6 Å². The molecule has 0 radical (unpaired) electrons. The third kappa shape index (κ3) is 6.48. The van der Waals surface area contributed by atoms with Gasteiger partial charge >= 0.3 is 10.3 Å². The molecule has 0 saturated heterocycles. The lowest BCUT2D eigenvalue weighted by molar-refractivity contribution is 0.100. The number of carbonyl (C=O) groups excluding carboxylic acids is 1. The van der Waals surface area contributed by atoms with Gasteiger partial charge in [-0.05, 0) is 71.5 Å². The maximum absolute atomic E-state index is 13.3. The molecule has 2 heterocycles. The number of aliphatic hydroxyl groups is 1. The summed E-state index contributed by atoms with van der Waals surface area (Å²) in [5.74, 6) is -0.486. The minimum absolute atomic E-state index is 0.0238. The van der Waals surface area contributed by atoms with Crippen molar-refractivity contribution in [3.8, 4) is 0 Å². The van der Waals surface area contributed by atoms with Crippen molar-refractivity contribution >= 4 is 38.7 Å². The monoisotopic (exact) mass is 596 g/mol. The van der Waals surface area contributed by atoms with E-state index in [1.54, 1.807) is 6.07 Å². The zero-order valence-corrected chi connectivity index (χ0v) is 21.2. The highest BCUT2D eigenvalue weighted by Crippen LogP contribution is 2.34. The number of aromatic nitrogens is 3. The Morgan fingerprint density at radius 1 is 1.29 bits per heavy atom. The fraction of sp³-hybridized carbons (Fsp3) is 0.348. The first-order chi connectivity index (χ1) is 16.2. The minimum atomic E-state index is -4.06. The third-order valence-electron chi connectivity index (χ3n) is 5.99. The molecule has 0 unspecified atom stereocenters. The van der Waals surface area contributed by atoms with Crippen LogP contribution in [0.25, 0.3) is 0 Å². The second-order valence-corrected chi connectivity index (χ2v) is 11.0. The summed E-state index contributed by atoms with van der Waals surface area (Å²) in [5, 5.41) is 15.2. The quantitative estimate of drug-likeness (QED) is 0.286. The van der Waals surface area contributed by atoms with E-state index in [-0.39, 0.29) is 24.2 Å². The highest BCUT2D eigenvalue weighted by atomic mass is 127. The van der Waals surface area contributed by atoms with Crippen LogP contribution in [0.5, 0.6) is 0 Å². The van der Waals surface area contributed by atoms with Crippen LogP contribution in [0.15, 0.2) is 55.2 Å². The summed E-state index contributed by atoms with van der Waals surface area (Å²) in [6, 6.07) is 9.97. The summed E-state index contributed by atoms with van der Waals surface area (Å²) in [5.41, 5.74) is 2.72. The maximum atomic E-state index is 13.3. The lowest BCUT2D eigenvalue weighted by Crippen LogP contribution is -2.24. The van der Waals surface area contributed by atoms with Crippen molar-refractivity contribution in [3.63, 3.8) is 0 Å². The molecule has 34 heavy (non-hydrogen) atoms. The zero-order chi connectivity index (χ0) is 24.3. The number of hydrogen-bond acceptors (Lipinski definition) is 7. The van der Waals surface area contributed by atoms with Crippen LogP contribution in [0, 0.1) is 15.4 Å². The van der Waals surface area contributed by atoms with Crippen LogP contribution < -0.4 is 5.14 Å². The Balaban J connectivity index is 1.44. The second-order valence-electron chi connectivity index (χ2n) is 8.56. The molecule has 0 bridgehead atoms. The summed E-state index contributed by atoms with van der Waals surface area (Å²) in [6.07, 6.45) is 7.39. The SMILES string of the molecule is NS(=O)(=O)OC[C@H]1C[C@@H](Cc2ncncc2C(=O)c2ccn(Cc3cccc(I)c3)c2)C[C@@H]1O. The summed E-state index contributed by atoms with van der Waals surface area (Å²) < 4.78 is 29.9. The molecular formula is C23H25IN4O5S. The second kappa shape index (κ2) is 10.6. The first kappa shape index (κ1) is 24.9. The van der Waals surface area contributed by atoms with Crippen molar-refractivity contribution in [3.05, 3.63) is 81.2 Å². The summed E-state index contributed by atoms with van der Waals surface area (Å²) in [7, 11) is -4.06. The van der Waals surface area contributed by atoms with Crippen molar-refractivity contribution in [1.29, 1.82) is 0 Å². The molecule has 1 saturated carbocycles. The minimum Gasteiger partial charge on any atom is -0.393 e. The molecule has 1 fully saturated rings. The fourth-order valence-corrected chi connectivity index (χ4v) is 5.37. The number of nitrogens with zero attached hydrogens (tertiary/aromatic N) is 3. The summed E-state index contributed by atoms with van der Waals surface area (Å²) in [6.45, 7) is 0.490. The van der Waals surface area contributed by atoms with Gasteiger partial charge in [0, 0.05) is 40.2 Å². The number of carbonyl (C=O) groups is 1. The molecule has 0 amide bonds. The fourth-order valence-electron chi connectivity index (χ4n) is 4.40. The summed E-state index contributed by atoms with van der Waals surface area (Å²) >= 11 is 2.27. The van der Waals surface area contributed by atoms with Crippen LogP contribution in [0.4, 0.5) is 0 Å². The van der Waals surface area contributed by atoms with E-state index < -0.39 is 16.4 Å². The van der Waals surface area contributed by atoms with Gasteiger partial charge in [0.15, 0.2) is 5.78 Å². The maximum Gasteiger partial charge on any atom is 0.333 e. The van der Waals surface area contributed by atoms with E-state index in [2.05, 4.69) is 42.8 Å². The van der Waals surface area contributed by atoms with Gasteiger partial charge in [0.2, 0.25) is 0 Å². The molecule has 180 valence electrons. The third-order valence-corrected chi connectivity index (χ3v) is 7.13. The standard InChI is InChI=1S/C23H25IN4O5S/c24-19-3-1-2-15(7-19)11-28-5-4-17(12-28)23(30)20-10-26-14-27-21(20)8-16-6-18(22(29)9-16)13-33-34(25,31)32/h1-5,7,10,12,14,16,18,22,29H,6,8-9,11,13H2,(H2,25,31,32)/t16-,18+,22-/m0/s1. The van der Waals surface area contributed by atoms with Gasteiger partial charge in [-0.15, -0.1) is 0 Å². The smallest absolute Gasteiger partial charge is 0.333 e. The van der Waals surface area contributed by atoms with Crippen molar-refractivity contribution in [2.75, 3.05) is 6.61 Å². The van der Waals surface area contributed by atoms with Gasteiger partial charge in [0.05, 0.1) is 24.0 Å². The molecule has 4 rings (SSSR count). The predicted octanol–water partition coefficient (Wildman–Crippen LogP) is 2.31. The van der Waals surface area contributed by atoms with Gasteiger partial charge < -0.3 is 9.67 Å². The molecule has 1 aliphatic rings. The van der Waals surface area contributed by atoms with E-state index in [0.717, 1.165) is 9.13 Å². The molecule has 11 heteroatoms. The highest BCUT2D eigenvalue weighted by Gasteiger charge is 2.34. The molecule has 0 spiro atoms. The van der Waals surface area contributed by atoms with E-state index in [1.165, 1.54) is 12.5 Å². The average Bonchev–Trinajstić information content (AvgIpc) is 3.38. The molecule has 0 aliphatic heterocycles. The molecule has 1 aliphatic carbocycles. The largest absolute Gasteiger partial charge is 0.393 e. The van der Waals surface area contributed by atoms with E-state index in [4.69, 9.17) is 5.14 Å². The predicted molar refractivity (Wildman–Crippen MR) is 133 cm³/mol. The van der Waals surface area contributed by atoms with Crippen LogP contribution in [0.1, 0.15) is 40.0 Å². The van der Waals surface area contributed by atoms with Crippen LogP contribution >= 0.6 is 22.6 Å².